The molecular formula is C18H20O. The highest BCUT2D eigenvalue weighted by Crippen LogP contribution is 2.19. The summed E-state index contributed by atoms with van der Waals surface area (Å²) >= 11 is 0. The van der Waals surface area contributed by atoms with E-state index in [9.17, 15) is 5.11 Å². The van der Waals surface area contributed by atoms with Gasteiger partial charge in [0.15, 0.2) is 0 Å². The van der Waals surface area contributed by atoms with Crippen LogP contribution >= 0.6 is 0 Å². The maximum absolute atomic E-state index is 9.22. The van der Waals surface area contributed by atoms with Crippen LogP contribution in [0.2, 0.25) is 0 Å². The van der Waals surface area contributed by atoms with E-state index in [1.165, 1.54) is 27.8 Å². The molecular weight excluding hydrogens is 232 g/mol. The minimum absolute atomic E-state index is 0.240. The van der Waals surface area contributed by atoms with Crippen LogP contribution in [0.15, 0.2) is 42.5 Å². The molecule has 4 aliphatic rings. The molecule has 0 radical (unpaired) electrons. The summed E-state index contributed by atoms with van der Waals surface area (Å²) < 4.78 is 0. The predicted molar refractivity (Wildman–Crippen MR) is 78.5 cm³/mol. The summed E-state index contributed by atoms with van der Waals surface area (Å²) in [4.78, 5) is 0. The summed E-state index contributed by atoms with van der Waals surface area (Å²) in [5.41, 5.74) is 6.93. The van der Waals surface area contributed by atoms with Crippen LogP contribution < -0.4 is 0 Å². The molecule has 1 heteroatoms. The zero-order valence-corrected chi connectivity index (χ0v) is 11.2. The van der Waals surface area contributed by atoms with Gasteiger partial charge in [0.2, 0.25) is 0 Å². The summed E-state index contributed by atoms with van der Waals surface area (Å²) in [5, 5.41) is 9.22. The van der Waals surface area contributed by atoms with Gasteiger partial charge in [-0.25, -0.2) is 0 Å². The van der Waals surface area contributed by atoms with Crippen molar-refractivity contribution in [3.8, 4) is 0 Å². The van der Waals surface area contributed by atoms with Gasteiger partial charge in [-0.1, -0.05) is 42.5 Å². The fourth-order valence-corrected chi connectivity index (χ4v) is 2.87. The Bertz CT molecular complexity index is 554. The Morgan fingerprint density at radius 3 is 2.00 bits per heavy atom. The first-order valence-corrected chi connectivity index (χ1v) is 7.14. The average molecular weight is 252 g/mol. The molecule has 0 saturated heterocycles. The molecule has 0 saturated carbocycles. The fraction of sp³-hybridized carbons (Fsp3) is 0.333. The highest BCUT2D eigenvalue weighted by molar-refractivity contribution is 5.35. The van der Waals surface area contributed by atoms with Crippen LogP contribution in [0.5, 0.6) is 0 Å². The number of hydrogen-bond donors (Lipinski definition) is 1. The van der Waals surface area contributed by atoms with Crippen LogP contribution in [0.1, 0.15) is 27.8 Å². The first kappa shape index (κ1) is 12.4. The van der Waals surface area contributed by atoms with Gasteiger partial charge < -0.3 is 5.11 Å². The number of aliphatic hydroxyl groups is 1. The number of aryl methyl sites for hydroxylation is 4. The van der Waals surface area contributed by atoms with Gasteiger partial charge in [0.05, 0.1) is 0 Å². The Balaban J connectivity index is 1.96. The summed E-state index contributed by atoms with van der Waals surface area (Å²) in [6.07, 6.45) is 5.10. The molecule has 0 spiro atoms. The number of aliphatic hydroxyl groups excluding tert-OH is 1. The predicted octanol–water partition coefficient (Wildman–Crippen LogP) is 3.11. The lowest BCUT2D eigenvalue weighted by Crippen LogP contribution is -2.03. The van der Waals surface area contributed by atoms with Gasteiger partial charge in [0.25, 0.3) is 0 Å². The van der Waals surface area contributed by atoms with E-state index >= 15 is 0 Å². The van der Waals surface area contributed by atoms with E-state index in [1.807, 2.05) is 0 Å². The minimum Gasteiger partial charge on any atom is -0.396 e. The first-order chi connectivity index (χ1) is 9.35. The van der Waals surface area contributed by atoms with Crippen molar-refractivity contribution in [3.05, 3.63) is 70.3 Å². The number of rotatable bonds is 2. The molecule has 19 heavy (non-hydrogen) atoms. The molecule has 0 heterocycles. The highest BCUT2D eigenvalue weighted by Gasteiger charge is 2.07. The lowest BCUT2D eigenvalue weighted by molar-refractivity contribution is 0.299. The summed E-state index contributed by atoms with van der Waals surface area (Å²) in [6, 6.07) is 15.8. The van der Waals surface area contributed by atoms with Crippen molar-refractivity contribution in [2.75, 3.05) is 6.61 Å². The number of hydrogen-bond acceptors (Lipinski definition) is 1. The van der Waals surface area contributed by atoms with E-state index in [0.29, 0.717) is 0 Å². The van der Waals surface area contributed by atoms with Gasteiger partial charge in [-0.15, -0.1) is 0 Å². The smallest absolute Gasteiger partial charge is 0.0471 e. The normalized spacial score (nSPS) is 14.2. The van der Waals surface area contributed by atoms with E-state index in [-0.39, 0.29) is 6.61 Å². The van der Waals surface area contributed by atoms with Crippen LogP contribution in [0.3, 0.4) is 0 Å². The molecule has 6 rings (SSSR count). The maximum Gasteiger partial charge on any atom is 0.0471 e. The molecule has 4 bridgehead atoms. The summed E-state index contributed by atoms with van der Waals surface area (Å²) in [6.45, 7) is 0.240. The molecule has 0 aliphatic heterocycles. The Morgan fingerprint density at radius 2 is 1.32 bits per heavy atom. The second-order valence-corrected chi connectivity index (χ2v) is 5.39. The SMILES string of the molecule is OCCc1cc2ccc1CCc1ccc(cc1)CC2. The van der Waals surface area contributed by atoms with Crippen LogP contribution in [0.4, 0.5) is 0 Å². The Hall–Kier alpha value is -1.60. The fourth-order valence-electron chi connectivity index (χ4n) is 2.87. The third kappa shape index (κ3) is 2.87. The van der Waals surface area contributed by atoms with E-state index < -0.39 is 0 Å². The minimum atomic E-state index is 0.240. The molecule has 0 fully saturated rings. The molecule has 1 N–H and O–H groups in total. The van der Waals surface area contributed by atoms with Gasteiger partial charge in [-0.3, -0.25) is 0 Å². The third-order valence-corrected chi connectivity index (χ3v) is 4.06. The Morgan fingerprint density at radius 1 is 0.737 bits per heavy atom. The van der Waals surface area contributed by atoms with Crippen LogP contribution in [-0.4, -0.2) is 11.7 Å². The second kappa shape index (κ2) is 5.58. The van der Waals surface area contributed by atoms with Crippen molar-refractivity contribution in [1.29, 1.82) is 0 Å². The summed E-state index contributed by atoms with van der Waals surface area (Å²) in [7, 11) is 0. The van der Waals surface area contributed by atoms with E-state index in [0.717, 1.165) is 32.1 Å². The zero-order valence-electron chi connectivity index (χ0n) is 11.2. The topological polar surface area (TPSA) is 20.2 Å². The van der Waals surface area contributed by atoms with Crippen molar-refractivity contribution in [1.82, 2.24) is 0 Å². The highest BCUT2D eigenvalue weighted by atomic mass is 16.2. The lowest BCUT2D eigenvalue weighted by atomic mass is 9.92. The van der Waals surface area contributed by atoms with Gasteiger partial charge in [0.1, 0.15) is 0 Å². The molecule has 1 nitrogen and oxygen atoms in total. The van der Waals surface area contributed by atoms with Crippen molar-refractivity contribution >= 4 is 0 Å². The zero-order chi connectivity index (χ0) is 13.1. The second-order valence-electron chi connectivity index (χ2n) is 5.39. The standard InChI is InChI=1S/C18H20O/c19-12-11-18-13-16-6-5-14-1-3-15(4-2-14)7-9-17(18)10-8-16/h1-4,8,10,13,19H,5-7,9,11-12H2. The number of benzene rings is 2. The molecule has 2 aromatic carbocycles. The quantitative estimate of drug-likeness (QED) is 0.870. The molecule has 0 atom stereocenters. The van der Waals surface area contributed by atoms with E-state index in [1.54, 1.807) is 0 Å². The monoisotopic (exact) mass is 252 g/mol. The molecule has 0 amide bonds. The molecule has 98 valence electrons. The Kier molecular flexibility index (Phi) is 3.65. The van der Waals surface area contributed by atoms with Gasteiger partial charge in [-0.2, -0.15) is 0 Å². The van der Waals surface area contributed by atoms with E-state index in [4.69, 9.17) is 0 Å². The third-order valence-electron chi connectivity index (χ3n) is 4.06. The van der Waals surface area contributed by atoms with Crippen molar-refractivity contribution in [2.24, 2.45) is 0 Å². The van der Waals surface area contributed by atoms with Crippen LogP contribution in [0.25, 0.3) is 0 Å². The van der Waals surface area contributed by atoms with Crippen LogP contribution in [-0.2, 0) is 32.1 Å². The lowest BCUT2D eigenvalue weighted by Gasteiger charge is -2.13. The molecule has 0 unspecified atom stereocenters. The van der Waals surface area contributed by atoms with Crippen molar-refractivity contribution in [2.45, 2.75) is 32.1 Å². The Labute approximate surface area is 114 Å². The van der Waals surface area contributed by atoms with Crippen molar-refractivity contribution < 1.29 is 5.11 Å². The molecule has 2 aromatic rings. The largest absolute Gasteiger partial charge is 0.396 e. The van der Waals surface area contributed by atoms with Gasteiger partial charge in [0, 0.05) is 6.61 Å². The molecule has 0 aromatic heterocycles. The molecule has 4 aliphatic carbocycles. The first-order valence-electron chi connectivity index (χ1n) is 7.14. The average Bonchev–Trinajstić information content (AvgIpc) is 2.43. The van der Waals surface area contributed by atoms with E-state index in [2.05, 4.69) is 42.5 Å². The van der Waals surface area contributed by atoms with Gasteiger partial charge >= 0.3 is 0 Å². The van der Waals surface area contributed by atoms with Gasteiger partial charge in [-0.05, 0) is 59.9 Å². The van der Waals surface area contributed by atoms with Crippen LogP contribution in [0, 0.1) is 0 Å². The van der Waals surface area contributed by atoms with Crippen molar-refractivity contribution in [3.63, 3.8) is 0 Å². The maximum atomic E-state index is 9.22. The summed E-state index contributed by atoms with van der Waals surface area (Å²) in [5.74, 6) is 0.